The van der Waals surface area contributed by atoms with Crippen molar-refractivity contribution >= 4 is 11.7 Å². The Morgan fingerprint density at radius 2 is 2.00 bits per heavy atom. The first-order chi connectivity index (χ1) is 6.49. The fourth-order valence-electron chi connectivity index (χ4n) is 1.72. The lowest BCUT2D eigenvalue weighted by molar-refractivity contribution is 0.0994. The van der Waals surface area contributed by atoms with Crippen LogP contribution in [0.5, 0.6) is 0 Å². The van der Waals surface area contributed by atoms with Gasteiger partial charge in [-0.15, -0.1) is 0 Å². The predicted molar refractivity (Wildman–Crippen MR) is 53.4 cm³/mol. The number of nitrogens with two attached hydrogens (primary N) is 1. The molecule has 3 N–H and O–H groups in total. The first kappa shape index (κ1) is 10.5. The Hall–Kier alpha value is -1.58. The van der Waals surface area contributed by atoms with Crippen LogP contribution in [0.3, 0.4) is 0 Å². The minimum atomic E-state index is -0.516. The minimum absolute atomic E-state index is 0.0388. The number of carbonyl (C=O) groups is 2. The lowest BCUT2D eigenvalue weighted by atomic mass is 10.0. The predicted octanol–water partition coefficient (Wildman–Crippen LogP) is 1.19. The molecular weight excluding hydrogens is 180 g/mol. The summed E-state index contributed by atoms with van der Waals surface area (Å²) in [7, 11) is 0. The Morgan fingerprint density at radius 3 is 2.36 bits per heavy atom. The number of ketones is 1. The molecule has 0 unspecified atom stereocenters. The number of nitrogens with one attached hydrogen (secondary N) is 1. The molecule has 4 heteroatoms. The van der Waals surface area contributed by atoms with E-state index in [1.54, 1.807) is 6.92 Å². The van der Waals surface area contributed by atoms with Crippen LogP contribution in [0.4, 0.5) is 0 Å². The molecule has 0 saturated carbocycles. The zero-order valence-electron chi connectivity index (χ0n) is 8.60. The van der Waals surface area contributed by atoms with Crippen LogP contribution in [0.15, 0.2) is 0 Å². The maximum Gasteiger partial charge on any atom is 0.265 e. The van der Waals surface area contributed by atoms with Gasteiger partial charge in [0.2, 0.25) is 0 Å². The van der Waals surface area contributed by atoms with Crippen LogP contribution in [-0.2, 0) is 6.42 Å². The molecule has 76 valence electrons. The third-order valence-corrected chi connectivity index (χ3v) is 2.24. The first-order valence-corrected chi connectivity index (χ1v) is 4.51. The van der Waals surface area contributed by atoms with Crippen molar-refractivity contribution in [3.63, 3.8) is 0 Å². The number of amides is 1. The molecule has 0 saturated heterocycles. The van der Waals surface area contributed by atoms with E-state index in [-0.39, 0.29) is 5.78 Å². The van der Waals surface area contributed by atoms with Crippen molar-refractivity contribution in [2.24, 2.45) is 5.73 Å². The van der Waals surface area contributed by atoms with Crippen molar-refractivity contribution in [1.29, 1.82) is 0 Å². The lowest BCUT2D eigenvalue weighted by Gasteiger charge is -1.99. The molecule has 1 heterocycles. The minimum Gasteiger partial charge on any atom is -0.364 e. The molecular formula is C10H14N2O2. The van der Waals surface area contributed by atoms with E-state index in [1.807, 2.05) is 6.92 Å². The molecule has 4 nitrogen and oxygen atoms in total. The Labute approximate surface area is 82.5 Å². The van der Waals surface area contributed by atoms with Crippen molar-refractivity contribution < 1.29 is 9.59 Å². The maximum atomic E-state index is 11.3. The second kappa shape index (κ2) is 3.65. The summed E-state index contributed by atoms with van der Waals surface area (Å²) in [5, 5.41) is 0. The molecule has 0 aliphatic rings. The van der Waals surface area contributed by atoms with Gasteiger partial charge in [-0.1, -0.05) is 6.92 Å². The topological polar surface area (TPSA) is 76.0 Å². The van der Waals surface area contributed by atoms with Gasteiger partial charge in [-0.05, 0) is 25.8 Å². The van der Waals surface area contributed by atoms with E-state index < -0.39 is 5.91 Å². The molecule has 1 aromatic rings. The summed E-state index contributed by atoms with van der Waals surface area (Å²) < 4.78 is 0. The second-order valence-corrected chi connectivity index (χ2v) is 3.25. The summed E-state index contributed by atoms with van der Waals surface area (Å²) in [6, 6.07) is 0. The molecule has 1 amide bonds. The van der Waals surface area contributed by atoms with Crippen LogP contribution < -0.4 is 5.73 Å². The molecule has 14 heavy (non-hydrogen) atoms. The molecule has 0 aromatic carbocycles. The van der Waals surface area contributed by atoms with Gasteiger partial charge in [0.25, 0.3) is 5.91 Å². The van der Waals surface area contributed by atoms with Gasteiger partial charge in [0, 0.05) is 11.3 Å². The van der Waals surface area contributed by atoms with Gasteiger partial charge in [0.05, 0.1) is 0 Å². The summed E-state index contributed by atoms with van der Waals surface area (Å²) in [5.74, 6) is -0.555. The highest BCUT2D eigenvalue weighted by atomic mass is 16.1. The van der Waals surface area contributed by atoms with Crippen LogP contribution >= 0.6 is 0 Å². The number of hydrogen-bond acceptors (Lipinski definition) is 2. The number of Topliss-reactive ketones (excluding diaryl/α,β-unsaturated/α-hetero) is 1. The number of aromatic amines is 1. The zero-order valence-corrected chi connectivity index (χ0v) is 8.60. The quantitative estimate of drug-likeness (QED) is 0.709. The normalized spacial score (nSPS) is 10.2. The molecule has 1 rings (SSSR count). The fraction of sp³-hybridized carbons (Fsp3) is 0.400. The Morgan fingerprint density at radius 1 is 1.43 bits per heavy atom. The number of rotatable bonds is 3. The third-order valence-electron chi connectivity index (χ3n) is 2.24. The highest BCUT2D eigenvalue weighted by Crippen LogP contribution is 2.19. The average Bonchev–Trinajstić information content (AvgIpc) is 2.41. The van der Waals surface area contributed by atoms with E-state index in [0.717, 1.165) is 5.56 Å². The fourth-order valence-corrected chi connectivity index (χ4v) is 1.72. The van der Waals surface area contributed by atoms with Crippen LogP contribution in [0, 0.1) is 6.92 Å². The monoisotopic (exact) mass is 194 g/mol. The van der Waals surface area contributed by atoms with E-state index in [0.29, 0.717) is 23.4 Å². The molecule has 0 aliphatic carbocycles. The van der Waals surface area contributed by atoms with Gasteiger partial charge in [0.15, 0.2) is 5.78 Å². The van der Waals surface area contributed by atoms with E-state index in [9.17, 15) is 9.59 Å². The summed E-state index contributed by atoms with van der Waals surface area (Å²) >= 11 is 0. The maximum absolute atomic E-state index is 11.3. The summed E-state index contributed by atoms with van der Waals surface area (Å²) in [6.07, 6.45) is 0.623. The summed E-state index contributed by atoms with van der Waals surface area (Å²) in [6.45, 7) is 5.14. The van der Waals surface area contributed by atoms with Crippen molar-refractivity contribution in [3.05, 3.63) is 22.5 Å². The first-order valence-electron chi connectivity index (χ1n) is 4.51. The molecule has 0 atom stereocenters. The average molecular weight is 194 g/mol. The molecule has 1 aromatic heterocycles. The van der Waals surface area contributed by atoms with Crippen molar-refractivity contribution in [3.8, 4) is 0 Å². The van der Waals surface area contributed by atoms with Crippen molar-refractivity contribution in [1.82, 2.24) is 4.98 Å². The standard InChI is InChI=1S/C10H14N2O2/c1-4-7-8(6(3)13)5(2)12-9(7)10(11)14/h12H,4H2,1-3H3,(H2,11,14). The number of hydrogen-bond donors (Lipinski definition) is 2. The smallest absolute Gasteiger partial charge is 0.265 e. The van der Waals surface area contributed by atoms with E-state index in [2.05, 4.69) is 4.98 Å². The molecule has 0 bridgehead atoms. The van der Waals surface area contributed by atoms with Gasteiger partial charge < -0.3 is 10.7 Å². The summed E-state index contributed by atoms with van der Waals surface area (Å²) in [4.78, 5) is 25.2. The van der Waals surface area contributed by atoms with E-state index >= 15 is 0 Å². The largest absolute Gasteiger partial charge is 0.364 e. The van der Waals surface area contributed by atoms with Gasteiger partial charge in [-0.2, -0.15) is 0 Å². The van der Waals surface area contributed by atoms with Gasteiger partial charge in [-0.25, -0.2) is 0 Å². The highest BCUT2D eigenvalue weighted by Gasteiger charge is 2.19. The van der Waals surface area contributed by atoms with Gasteiger partial charge in [0.1, 0.15) is 5.69 Å². The second-order valence-electron chi connectivity index (χ2n) is 3.25. The van der Waals surface area contributed by atoms with Crippen molar-refractivity contribution in [2.45, 2.75) is 27.2 Å². The zero-order chi connectivity index (χ0) is 10.9. The number of primary amides is 1. The molecule has 0 radical (unpaired) electrons. The number of aryl methyl sites for hydroxylation is 1. The Bertz CT molecular complexity index is 391. The molecule has 0 spiro atoms. The SMILES string of the molecule is CCc1c(C(N)=O)[nH]c(C)c1C(C)=O. The lowest BCUT2D eigenvalue weighted by Crippen LogP contribution is -2.14. The molecule has 0 fully saturated rings. The Kier molecular flexibility index (Phi) is 2.74. The van der Waals surface area contributed by atoms with E-state index in [4.69, 9.17) is 5.73 Å². The number of aromatic nitrogens is 1. The third kappa shape index (κ3) is 1.55. The van der Waals surface area contributed by atoms with Crippen LogP contribution in [0.25, 0.3) is 0 Å². The van der Waals surface area contributed by atoms with Crippen LogP contribution in [0.2, 0.25) is 0 Å². The number of carbonyl (C=O) groups excluding carboxylic acids is 2. The number of H-pyrrole nitrogens is 1. The van der Waals surface area contributed by atoms with Crippen molar-refractivity contribution in [2.75, 3.05) is 0 Å². The Balaban J connectivity index is 3.43. The van der Waals surface area contributed by atoms with E-state index in [1.165, 1.54) is 6.92 Å². The van der Waals surface area contributed by atoms with Gasteiger partial charge in [-0.3, -0.25) is 9.59 Å². The summed E-state index contributed by atoms with van der Waals surface area (Å²) in [5.41, 5.74) is 7.58. The molecule has 0 aliphatic heterocycles. The van der Waals surface area contributed by atoms with Gasteiger partial charge >= 0.3 is 0 Å². The highest BCUT2D eigenvalue weighted by molar-refractivity contribution is 6.02. The van der Waals surface area contributed by atoms with Crippen LogP contribution in [0.1, 0.15) is 46.0 Å². The van der Waals surface area contributed by atoms with Crippen LogP contribution in [-0.4, -0.2) is 16.7 Å².